The molecule has 0 aromatic heterocycles. The predicted molar refractivity (Wildman–Crippen MR) is 68.0 cm³/mol. The van der Waals surface area contributed by atoms with E-state index < -0.39 is 5.97 Å². The van der Waals surface area contributed by atoms with E-state index in [9.17, 15) is 4.79 Å². The van der Waals surface area contributed by atoms with Gasteiger partial charge in [-0.25, -0.2) is 4.79 Å². The third-order valence-corrected chi connectivity index (χ3v) is 3.15. The first kappa shape index (κ1) is 12.5. The first-order valence-corrected chi connectivity index (χ1v) is 5.91. The number of carbonyl (C=O) groups is 1. The molecule has 0 amide bonds. The van der Waals surface area contributed by atoms with Crippen LogP contribution in [0.5, 0.6) is 11.5 Å². The summed E-state index contributed by atoms with van der Waals surface area (Å²) >= 11 is 0. The molecule has 0 bridgehead atoms. The lowest BCUT2D eigenvalue weighted by Crippen LogP contribution is -2.19. The Kier molecular flexibility index (Phi) is 3.60. The fourth-order valence-electron chi connectivity index (χ4n) is 2.27. The van der Waals surface area contributed by atoms with Crippen LogP contribution in [0.3, 0.4) is 0 Å². The average molecular weight is 251 g/mol. The monoisotopic (exact) mass is 251 g/mol. The van der Waals surface area contributed by atoms with Gasteiger partial charge in [-0.05, 0) is 25.0 Å². The van der Waals surface area contributed by atoms with Crippen LogP contribution in [0.25, 0.3) is 0 Å². The normalized spacial score (nSPS) is 14.7. The van der Waals surface area contributed by atoms with Crippen molar-refractivity contribution >= 4 is 11.7 Å². The minimum absolute atomic E-state index is 0.173. The van der Waals surface area contributed by atoms with Gasteiger partial charge in [-0.2, -0.15) is 0 Å². The maximum atomic E-state index is 11.0. The zero-order valence-corrected chi connectivity index (χ0v) is 10.6. The largest absolute Gasteiger partial charge is 0.494 e. The lowest BCUT2D eigenvalue weighted by Gasteiger charge is -2.23. The Hall–Kier alpha value is -1.91. The number of carboxylic acids is 1. The summed E-state index contributed by atoms with van der Waals surface area (Å²) in [4.78, 5) is 13.2. The van der Waals surface area contributed by atoms with Crippen LogP contribution in [-0.2, 0) is 0 Å². The van der Waals surface area contributed by atoms with Gasteiger partial charge in [-0.1, -0.05) is 0 Å². The third kappa shape index (κ3) is 2.20. The summed E-state index contributed by atoms with van der Waals surface area (Å²) in [5.41, 5.74) is 1.02. The Bertz CT molecular complexity index is 427. The number of aromatic carboxylic acids is 1. The van der Waals surface area contributed by atoms with Gasteiger partial charge in [-0.3, -0.25) is 0 Å². The van der Waals surface area contributed by atoms with Gasteiger partial charge < -0.3 is 19.5 Å². The first-order chi connectivity index (χ1) is 8.67. The average Bonchev–Trinajstić information content (AvgIpc) is 2.90. The topological polar surface area (TPSA) is 59.0 Å². The number of hydrogen-bond acceptors (Lipinski definition) is 4. The molecule has 1 aliphatic heterocycles. The quantitative estimate of drug-likeness (QED) is 0.887. The Morgan fingerprint density at radius 2 is 1.67 bits per heavy atom. The van der Waals surface area contributed by atoms with E-state index in [0.717, 1.165) is 31.6 Å². The summed E-state index contributed by atoms with van der Waals surface area (Å²) in [7, 11) is 3.08. The molecule has 18 heavy (non-hydrogen) atoms. The molecule has 1 fully saturated rings. The lowest BCUT2D eigenvalue weighted by atomic mass is 10.1. The van der Waals surface area contributed by atoms with Crippen molar-refractivity contribution in [3.63, 3.8) is 0 Å². The van der Waals surface area contributed by atoms with Crippen LogP contribution in [0.2, 0.25) is 0 Å². The molecule has 0 spiro atoms. The molecule has 5 heteroatoms. The van der Waals surface area contributed by atoms with Crippen molar-refractivity contribution in [3.8, 4) is 11.5 Å². The van der Waals surface area contributed by atoms with Crippen LogP contribution in [0.1, 0.15) is 23.2 Å². The highest BCUT2D eigenvalue weighted by Gasteiger charge is 2.23. The molecule has 0 atom stereocenters. The summed E-state index contributed by atoms with van der Waals surface area (Å²) in [5.74, 6) is 0.113. The summed E-state index contributed by atoms with van der Waals surface area (Å²) in [5, 5.41) is 9.06. The second-order valence-corrected chi connectivity index (χ2v) is 4.23. The fourth-order valence-corrected chi connectivity index (χ4v) is 2.27. The SMILES string of the molecule is COc1cc(C(=O)O)cc(OC)c1N1CCCC1. The van der Waals surface area contributed by atoms with Crippen molar-refractivity contribution < 1.29 is 19.4 Å². The Morgan fingerprint density at radius 1 is 1.17 bits per heavy atom. The maximum Gasteiger partial charge on any atom is 0.335 e. The van der Waals surface area contributed by atoms with Gasteiger partial charge in [0.25, 0.3) is 0 Å². The van der Waals surface area contributed by atoms with Crippen molar-refractivity contribution in [3.05, 3.63) is 17.7 Å². The molecule has 1 aromatic rings. The second-order valence-electron chi connectivity index (χ2n) is 4.23. The number of rotatable bonds is 4. The van der Waals surface area contributed by atoms with Crippen LogP contribution in [0.15, 0.2) is 12.1 Å². The minimum atomic E-state index is -0.987. The van der Waals surface area contributed by atoms with Gasteiger partial charge in [-0.15, -0.1) is 0 Å². The van der Waals surface area contributed by atoms with E-state index in [0.29, 0.717) is 11.5 Å². The summed E-state index contributed by atoms with van der Waals surface area (Å²) < 4.78 is 10.6. The molecule has 2 rings (SSSR count). The van der Waals surface area contributed by atoms with E-state index in [-0.39, 0.29) is 5.56 Å². The third-order valence-electron chi connectivity index (χ3n) is 3.15. The van der Waals surface area contributed by atoms with Crippen molar-refractivity contribution in [2.75, 3.05) is 32.2 Å². The van der Waals surface area contributed by atoms with Crippen LogP contribution < -0.4 is 14.4 Å². The molecular weight excluding hydrogens is 234 g/mol. The van der Waals surface area contributed by atoms with E-state index in [4.69, 9.17) is 14.6 Å². The van der Waals surface area contributed by atoms with E-state index >= 15 is 0 Å². The molecule has 1 heterocycles. The standard InChI is InChI=1S/C13H17NO4/c1-17-10-7-9(13(15)16)8-11(18-2)12(10)14-5-3-4-6-14/h7-8H,3-6H2,1-2H3,(H,15,16). The highest BCUT2D eigenvalue weighted by molar-refractivity contribution is 5.90. The smallest absolute Gasteiger partial charge is 0.335 e. The number of ether oxygens (including phenoxy) is 2. The Labute approximate surface area is 106 Å². The number of carboxylic acid groups (broad SMARTS) is 1. The molecule has 0 saturated carbocycles. The summed E-state index contributed by atoms with van der Waals surface area (Å²) in [6.07, 6.45) is 2.26. The molecule has 1 aromatic carbocycles. The lowest BCUT2D eigenvalue weighted by molar-refractivity contribution is 0.0696. The zero-order chi connectivity index (χ0) is 13.1. The minimum Gasteiger partial charge on any atom is -0.494 e. The molecule has 98 valence electrons. The summed E-state index contributed by atoms with van der Waals surface area (Å²) in [6.45, 7) is 1.89. The number of anilines is 1. The predicted octanol–water partition coefficient (Wildman–Crippen LogP) is 2.00. The zero-order valence-electron chi connectivity index (χ0n) is 10.6. The number of nitrogens with zero attached hydrogens (tertiary/aromatic N) is 1. The molecule has 0 aliphatic carbocycles. The van der Waals surface area contributed by atoms with Crippen molar-refractivity contribution in [2.45, 2.75) is 12.8 Å². The van der Waals surface area contributed by atoms with Crippen LogP contribution >= 0.6 is 0 Å². The van der Waals surface area contributed by atoms with Gasteiger partial charge in [0.15, 0.2) is 0 Å². The van der Waals surface area contributed by atoms with Gasteiger partial charge in [0.05, 0.1) is 19.8 Å². The van der Waals surface area contributed by atoms with Crippen molar-refractivity contribution in [1.29, 1.82) is 0 Å². The van der Waals surface area contributed by atoms with E-state index in [2.05, 4.69) is 4.90 Å². The van der Waals surface area contributed by atoms with E-state index in [1.807, 2.05) is 0 Å². The number of benzene rings is 1. The molecule has 1 N–H and O–H groups in total. The molecular formula is C13H17NO4. The molecule has 0 unspecified atom stereocenters. The number of methoxy groups -OCH3 is 2. The van der Waals surface area contributed by atoms with E-state index in [1.54, 1.807) is 26.4 Å². The molecule has 0 radical (unpaired) electrons. The van der Waals surface area contributed by atoms with Gasteiger partial charge >= 0.3 is 5.97 Å². The summed E-state index contributed by atoms with van der Waals surface area (Å²) in [6, 6.07) is 3.08. The van der Waals surface area contributed by atoms with Crippen molar-refractivity contribution in [1.82, 2.24) is 0 Å². The van der Waals surface area contributed by atoms with Gasteiger partial charge in [0.1, 0.15) is 17.2 Å². The van der Waals surface area contributed by atoms with Crippen molar-refractivity contribution in [2.24, 2.45) is 0 Å². The van der Waals surface area contributed by atoms with Crippen LogP contribution in [-0.4, -0.2) is 38.4 Å². The Morgan fingerprint density at radius 3 is 2.06 bits per heavy atom. The molecule has 1 aliphatic rings. The first-order valence-electron chi connectivity index (χ1n) is 5.91. The molecule has 1 saturated heterocycles. The van der Waals surface area contributed by atoms with Crippen LogP contribution in [0, 0.1) is 0 Å². The number of hydrogen-bond donors (Lipinski definition) is 1. The van der Waals surface area contributed by atoms with E-state index in [1.165, 1.54) is 0 Å². The second kappa shape index (κ2) is 5.16. The highest BCUT2D eigenvalue weighted by Crippen LogP contribution is 2.40. The van der Waals surface area contributed by atoms with Gasteiger partial charge in [0, 0.05) is 13.1 Å². The fraction of sp³-hybridized carbons (Fsp3) is 0.462. The van der Waals surface area contributed by atoms with Crippen LogP contribution in [0.4, 0.5) is 5.69 Å². The molecule has 5 nitrogen and oxygen atoms in total. The Balaban J connectivity index is 2.51. The highest BCUT2D eigenvalue weighted by atomic mass is 16.5. The van der Waals surface area contributed by atoms with Gasteiger partial charge in [0.2, 0.25) is 0 Å². The maximum absolute atomic E-state index is 11.0.